The summed E-state index contributed by atoms with van der Waals surface area (Å²) in [4.78, 5) is 0.0856. The fraction of sp³-hybridized carbons (Fsp3) is 0.250. The first-order valence-corrected chi connectivity index (χ1v) is 5.81. The van der Waals surface area contributed by atoms with Gasteiger partial charge in [0.15, 0.2) is 9.84 Å². The molecule has 1 aromatic carbocycles. The van der Waals surface area contributed by atoms with E-state index in [-0.39, 0.29) is 11.5 Å². The molecule has 0 aliphatic carbocycles. The van der Waals surface area contributed by atoms with Crippen molar-refractivity contribution < 1.29 is 13.5 Å². The molecule has 0 saturated carbocycles. The predicted molar refractivity (Wildman–Crippen MR) is 50.5 cm³/mol. The SMILES string of the molecule is CS(=O)(=O)c1cc(Cl)ccc1CO. The van der Waals surface area contributed by atoms with Gasteiger partial charge >= 0.3 is 0 Å². The van der Waals surface area contributed by atoms with Crippen LogP contribution in [-0.4, -0.2) is 19.8 Å². The largest absolute Gasteiger partial charge is 0.392 e. The Kier molecular flexibility index (Phi) is 2.95. The number of hydrogen-bond acceptors (Lipinski definition) is 3. The van der Waals surface area contributed by atoms with Gasteiger partial charge in [-0.05, 0) is 17.7 Å². The van der Waals surface area contributed by atoms with Crippen LogP contribution in [0.5, 0.6) is 0 Å². The van der Waals surface area contributed by atoms with E-state index in [0.717, 1.165) is 6.26 Å². The van der Waals surface area contributed by atoms with E-state index in [2.05, 4.69) is 0 Å². The van der Waals surface area contributed by atoms with Gasteiger partial charge in [0.05, 0.1) is 11.5 Å². The number of benzene rings is 1. The second kappa shape index (κ2) is 3.65. The molecule has 3 nitrogen and oxygen atoms in total. The van der Waals surface area contributed by atoms with Crippen LogP contribution in [0, 0.1) is 0 Å². The van der Waals surface area contributed by atoms with Gasteiger partial charge in [0, 0.05) is 11.3 Å². The van der Waals surface area contributed by atoms with Crippen molar-refractivity contribution in [3.05, 3.63) is 28.8 Å². The van der Waals surface area contributed by atoms with Crippen LogP contribution in [0.4, 0.5) is 0 Å². The Morgan fingerprint density at radius 3 is 2.54 bits per heavy atom. The van der Waals surface area contributed by atoms with Gasteiger partial charge in [0.1, 0.15) is 0 Å². The molecule has 1 aromatic rings. The summed E-state index contributed by atoms with van der Waals surface area (Å²) in [6.07, 6.45) is 1.08. The molecular formula is C8H9ClO3S. The maximum absolute atomic E-state index is 11.2. The van der Waals surface area contributed by atoms with E-state index in [9.17, 15) is 8.42 Å². The zero-order valence-corrected chi connectivity index (χ0v) is 8.56. The van der Waals surface area contributed by atoms with E-state index in [4.69, 9.17) is 16.7 Å². The molecular weight excluding hydrogens is 212 g/mol. The summed E-state index contributed by atoms with van der Waals surface area (Å²) in [6, 6.07) is 4.38. The van der Waals surface area contributed by atoms with E-state index in [1.807, 2.05) is 0 Å². The fourth-order valence-electron chi connectivity index (χ4n) is 1.00. The lowest BCUT2D eigenvalue weighted by Crippen LogP contribution is -2.02. The van der Waals surface area contributed by atoms with Crippen molar-refractivity contribution >= 4 is 21.4 Å². The number of halogens is 1. The molecule has 5 heteroatoms. The maximum Gasteiger partial charge on any atom is 0.175 e. The zero-order chi connectivity index (χ0) is 10.1. The predicted octanol–water partition coefficient (Wildman–Crippen LogP) is 1.24. The summed E-state index contributed by atoms with van der Waals surface area (Å²) < 4.78 is 22.4. The van der Waals surface area contributed by atoms with Crippen LogP contribution in [-0.2, 0) is 16.4 Å². The van der Waals surface area contributed by atoms with Gasteiger partial charge in [-0.25, -0.2) is 8.42 Å². The highest BCUT2D eigenvalue weighted by molar-refractivity contribution is 7.90. The molecule has 0 unspecified atom stereocenters. The molecule has 0 amide bonds. The fourth-order valence-corrected chi connectivity index (χ4v) is 2.19. The van der Waals surface area contributed by atoms with Crippen LogP contribution in [0.2, 0.25) is 5.02 Å². The van der Waals surface area contributed by atoms with Crippen LogP contribution in [0.25, 0.3) is 0 Å². The van der Waals surface area contributed by atoms with E-state index < -0.39 is 9.84 Å². The van der Waals surface area contributed by atoms with Crippen LogP contribution in [0.1, 0.15) is 5.56 Å². The number of sulfone groups is 1. The summed E-state index contributed by atoms with van der Waals surface area (Å²) >= 11 is 5.63. The lowest BCUT2D eigenvalue weighted by molar-refractivity contribution is 0.278. The minimum absolute atomic E-state index is 0.0856. The van der Waals surface area contributed by atoms with Gasteiger partial charge in [0.2, 0.25) is 0 Å². The minimum Gasteiger partial charge on any atom is -0.392 e. The molecule has 0 heterocycles. The minimum atomic E-state index is -3.31. The molecule has 1 N–H and O–H groups in total. The van der Waals surface area contributed by atoms with Crippen LogP contribution in [0.15, 0.2) is 23.1 Å². The average Bonchev–Trinajstić information content (AvgIpc) is 2.03. The van der Waals surface area contributed by atoms with Crippen molar-refractivity contribution in [2.24, 2.45) is 0 Å². The normalized spacial score (nSPS) is 11.6. The number of aliphatic hydroxyl groups excluding tert-OH is 1. The Bertz CT molecular complexity index is 411. The molecule has 0 radical (unpaired) electrons. The monoisotopic (exact) mass is 220 g/mol. The molecule has 0 spiro atoms. The van der Waals surface area contributed by atoms with E-state index in [1.54, 1.807) is 6.07 Å². The lowest BCUT2D eigenvalue weighted by Gasteiger charge is -2.04. The van der Waals surface area contributed by atoms with Gasteiger partial charge in [-0.15, -0.1) is 0 Å². The molecule has 0 saturated heterocycles. The van der Waals surface area contributed by atoms with Crippen molar-refractivity contribution in [2.75, 3.05) is 6.26 Å². The molecule has 0 aliphatic rings. The smallest absolute Gasteiger partial charge is 0.175 e. The van der Waals surface area contributed by atoms with Crippen LogP contribution >= 0.6 is 11.6 Å². The van der Waals surface area contributed by atoms with Crippen molar-refractivity contribution in [3.8, 4) is 0 Å². The Labute approximate surface area is 81.9 Å². The van der Waals surface area contributed by atoms with Crippen molar-refractivity contribution in [1.29, 1.82) is 0 Å². The number of hydrogen-bond donors (Lipinski definition) is 1. The third kappa shape index (κ3) is 2.43. The lowest BCUT2D eigenvalue weighted by atomic mass is 10.2. The topological polar surface area (TPSA) is 54.4 Å². The van der Waals surface area contributed by atoms with Gasteiger partial charge in [-0.1, -0.05) is 17.7 Å². The molecule has 13 heavy (non-hydrogen) atoms. The average molecular weight is 221 g/mol. The zero-order valence-electron chi connectivity index (χ0n) is 6.99. The van der Waals surface area contributed by atoms with Gasteiger partial charge in [-0.2, -0.15) is 0 Å². The number of aliphatic hydroxyl groups is 1. The van der Waals surface area contributed by atoms with Gasteiger partial charge < -0.3 is 5.11 Å². The standard InChI is InChI=1S/C8H9ClO3S/c1-13(11,12)8-4-7(9)3-2-6(8)5-10/h2-4,10H,5H2,1H3. The third-order valence-corrected chi connectivity index (χ3v) is 3.01. The maximum atomic E-state index is 11.2. The highest BCUT2D eigenvalue weighted by Crippen LogP contribution is 2.20. The number of rotatable bonds is 2. The molecule has 0 aliphatic heterocycles. The van der Waals surface area contributed by atoms with Crippen molar-refractivity contribution in [3.63, 3.8) is 0 Å². The highest BCUT2D eigenvalue weighted by atomic mass is 35.5. The van der Waals surface area contributed by atoms with Crippen LogP contribution in [0.3, 0.4) is 0 Å². The molecule has 1 rings (SSSR count). The quantitative estimate of drug-likeness (QED) is 0.816. The van der Waals surface area contributed by atoms with Crippen molar-refractivity contribution in [1.82, 2.24) is 0 Å². The molecule has 72 valence electrons. The summed E-state index contributed by atoms with van der Waals surface area (Å²) in [5, 5.41) is 9.21. The van der Waals surface area contributed by atoms with E-state index >= 15 is 0 Å². The third-order valence-electron chi connectivity index (χ3n) is 1.60. The van der Waals surface area contributed by atoms with E-state index in [0.29, 0.717) is 10.6 Å². The molecule has 0 fully saturated rings. The molecule has 0 aromatic heterocycles. The Morgan fingerprint density at radius 1 is 1.46 bits per heavy atom. The first kappa shape index (κ1) is 10.5. The van der Waals surface area contributed by atoms with Gasteiger partial charge in [0.25, 0.3) is 0 Å². The second-order valence-corrected chi connectivity index (χ2v) is 5.10. The summed E-state index contributed by atoms with van der Waals surface area (Å²) in [5.41, 5.74) is 0.368. The summed E-state index contributed by atoms with van der Waals surface area (Å²) in [6.45, 7) is -0.306. The second-order valence-electron chi connectivity index (χ2n) is 2.68. The summed E-state index contributed by atoms with van der Waals surface area (Å²) in [7, 11) is -3.31. The summed E-state index contributed by atoms with van der Waals surface area (Å²) in [5.74, 6) is 0. The Balaban J connectivity index is 3.41. The van der Waals surface area contributed by atoms with Crippen LogP contribution < -0.4 is 0 Å². The molecule has 0 bridgehead atoms. The Morgan fingerprint density at radius 2 is 2.08 bits per heavy atom. The van der Waals surface area contributed by atoms with Gasteiger partial charge in [-0.3, -0.25) is 0 Å². The highest BCUT2D eigenvalue weighted by Gasteiger charge is 2.12. The first-order valence-electron chi connectivity index (χ1n) is 3.54. The van der Waals surface area contributed by atoms with E-state index in [1.165, 1.54) is 12.1 Å². The Hall–Kier alpha value is -0.580. The molecule has 0 atom stereocenters. The van der Waals surface area contributed by atoms with Crippen molar-refractivity contribution in [2.45, 2.75) is 11.5 Å². The first-order chi connectivity index (χ1) is 5.95.